The zero-order valence-electron chi connectivity index (χ0n) is 14.1. The summed E-state index contributed by atoms with van der Waals surface area (Å²) in [4.78, 5) is 28.3. The molecule has 2 saturated heterocycles. The van der Waals surface area contributed by atoms with Crippen LogP contribution in [0.2, 0.25) is 0 Å². The Morgan fingerprint density at radius 3 is 2.57 bits per heavy atom. The van der Waals surface area contributed by atoms with Crippen molar-refractivity contribution in [2.75, 3.05) is 25.9 Å². The zero-order chi connectivity index (χ0) is 16.2. The van der Waals surface area contributed by atoms with E-state index in [1.165, 1.54) is 12.8 Å². The highest BCUT2D eigenvalue weighted by Gasteiger charge is 2.32. The van der Waals surface area contributed by atoms with E-state index in [9.17, 15) is 9.59 Å². The highest BCUT2D eigenvalue weighted by Crippen LogP contribution is 2.27. The molecule has 3 amide bonds. The molecule has 1 N–H and O–H groups in total. The van der Waals surface area contributed by atoms with Gasteiger partial charge in [-0.15, -0.1) is 0 Å². The van der Waals surface area contributed by atoms with Crippen LogP contribution in [0.1, 0.15) is 51.4 Å². The van der Waals surface area contributed by atoms with Crippen LogP contribution in [0.5, 0.6) is 0 Å². The fourth-order valence-corrected chi connectivity index (χ4v) is 5.02. The number of urea groups is 1. The molecule has 1 saturated carbocycles. The van der Waals surface area contributed by atoms with Gasteiger partial charge in [-0.3, -0.25) is 4.79 Å². The summed E-state index contributed by atoms with van der Waals surface area (Å²) in [7, 11) is 0. The Hall–Kier alpha value is -0.910. The normalized spacial score (nSPS) is 29.9. The smallest absolute Gasteiger partial charge is 0.317 e. The van der Waals surface area contributed by atoms with Gasteiger partial charge in [-0.25, -0.2) is 4.79 Å². The second kappa shape index (κ2) is 7.77. The molecule has 3 aliphatic rings. The Morgan fingerprint density at radius 2 is 1.91 bits per heavy atom. The van der Waals surface area contributed by atoms with E-state index in [1.807, 2.05) is 21.6 Å². The maximum absolute atomic E-state index is 12.5. The lowest BCUT2D eigenvalue weighted by atomic mass is 9.95. The lowest BCUT2D eigenvalue weighted by Crippen LogP contribution is -2.52. The van der Waals surface area contributed by atoms with E-state index in [0.29, 0.717) is 29.7 Å². The van der Waals surface area contributed by atoms with Gasteiger partial charge in [0.1, 0.15) is 0 Å². The average molecular weight is 340 g/mol. The van der Waals surface area contributed by atoms with Crippen molar-refractivity contribution in [3.05, 3.63) is 0 Å². The summed E-state index contributed by atoms with van der Waals surface area (Å²) in [5.74, 6) is 0.304. The number of hydrogen-bond acceptors (Lipinski definition) is 3. The lowest BCUT2D eigenvalue weighted by molar-refractivity contribution is -0.130. The zero-order valence-corrected chi connectivity index (χ0v) is 14.9. The molecule has 1 aliphatic carbocycles. The predicted molar refractivity (Wildman–Crippen MR) is 93.6 cm³/mol. The first kappa shape index (κ1) is 16.9. The number of amides is 3. The predicted octanol–water partition coefficient (Wildman–Crippen LogP) is 2.46. The summed E-state index contributed by atoms with van der Waals surface area (Å²) in [6, 6.07) is 0.791. The van der Waals surface area contributed by atoms with Crippen LogP contribution in [0, 0.1) is 0 Å². The molecule has 3 rings (SSSR count). The van der Waals surface area contributed by atoms with Crippen molar-refractivity contribution in [3.63, 3.8) is 0 Å². The van der Waals surface area contributed by atoms with Crippen LogP contribution in [0.4, 0.5) is 4.79 Å². The van der Waals surface area contributed by atoms with E-state index in [0.717, 1.165) is 51.7 Å². The minimum atomic E-state index is 0.1000. The molecule has 0 unspecified atom stereocenters. The number of thioether (sulfide) groups is 1. The molecule has 0 bridgehead atoms. The van der Waals surface area contributed by atoms with Gasteiger partial charge in [0.25, 0.3) is 0 Å². The van der Waals surface area contributed by atoms with Crippen LogP contribution in [0.25, 0.3) is 0 Å². The van der Waals surface area contributed by atoms with E-state index in [4.69, 9.17) is 0 Å². The van der Waals surface area contributed by atoms with Crippen LogP contribution < -0.4 is 5.32 Å². The first-order chi connectivity index (χ1) is 11.2. The molecule has 130 valence electrons. The van der Waals surface area contributed by atoms with Gasteiger partial charge >= 0.3 is 6.03 Å². The summed E-state index contributed by atoms with van der Waals surface area (Å²) in [6.07, 6.45) is 10.4. The third-order valence-electron chi connectivity index (χ3n) is 5.59. The molecule has 2 heterocycles. The van der Waals surface area contributed by atoms with Crippen molar-refractivity contribution < 1.29 is 9.59 Å². The van der Waals surface area contributed by atoms with Gasteiger partial charge in [0, 0.05) is 43.4 Å². The SMILES string of the molecule is CS[C@H]1CCC[C@@H](NC(=O)N2CCC(N3CCCC3=O)CC2)C1. The van der Waals surface area contributed by atoms with E-state index in [-0.39, 0.29) is 6.03 Å². The van der Waals surface area contributed by atoms with Gasteiger partial charge in [-0.2, -0.15) is 11.8 Å². The molecule has 23 heavy (non-hydrogen) atoms. The molecule has 0 aromatic rings. The summed E-state index contributed by atoms with van der Waals surface area (Å²) in [6.45, 7) is 2.46. The molecule has 6 heteroatoms. The first-order valence-electron chi connectivity index (χ1n) is 9.05. The Morgan fingerprint density at radius 1 is 1.13 bits per heavy atom. The van der Waals surface area contributed by atoms with Crippen LogP contribution >= 0.6 is 11.8 Å². The highest BCUT2D eigenvalue weighted by atomic mass is 32.2. The van der Waals surface area contributed by atoms with Crippen LogP contribution in [-0.2, 0) is 4.79 Å². The highest BCUT2D eigenvalue weighted by molar-refractivity contribution is 7.99. The standard InChI is InChI=1S/C17H29N3O2S/c1-23-15-5-2-4-13(12-15)18-17(22)19-10-7-14(8-11-19)20-9-3-6-16(20)21/h13-15H,2-12H2,1H3,(H,18,22)/t13-,15+/m1/s1. The second-order valence-electron chi connectivity index (χ2n) is 7.08. The van der Waals surface area contributed by atoms with Crippen molar-refractivity contribution in [1.82, 2.24) is 15.1 Å². The van der Waals surface area contributed by atoms with E-state index >= 15 is 0 Å². The number of rotatable bonds is 3. The Labute approximate surface area is 143 Å². The number of nitrogens with zero attached hydrogens (tertiary/aromatic N) is 2. The number of carbonyl (C=O) groups is 2. The second-order valence-corrected chi connectivity index (χ2v) is 8.22. The first-order valence-corrected chi connectivity index (χ1v) is 10.3. The molecule has 2 atom stereocenters. The number of hydrogen-bond donors (Lipinski definition) is 1. The maximum Gasteiger partial charge on any atom is 0.317 e. The monoisotopic (exact) mass is 339 g/mol. The van der Waals surface area contributed by atoms with Crippen molar-refractivity contribution in [2.24, 2.45) is 0 Å². The Kier molecular flexibility index (Phi) is 5.72. The molecule has 0 aromatic heterocycles. The summed E-state index contributed by atoms with van der Waals surface area (Å²) in [5, 5.41) is 3.93. The Bertz CT molecular complexity index is 438. The third-order valence-corrected chi connectivity index (χ3v) is 6.68. The third kappa shape index (κ3) is 4.14. The Balaban J connectivity index is 1.44. The van der Waals surface area contributed by atoms with Crippen molar-refractivity contribution >= 4 is 23.7 Å². The molecule has 0 radical (unpaired) electrons. The van der Waals surface area contributed by atoms with Gasteiger partial charge in [0.05, 0.1) is 0 Å². The fourth-order valence-electron chi connectivity index (χ4n) is 4.19. The van der Waals surface area contributed by atoms with Crippen LogP contribution in [0.3, 0.4) is 0 Å². The van der Waals surface area contributed by atoms with E-state index in [2.05, 4.69) is 11.6 Å². The number of carbonyl (C=O) groups excluding carboxylic acids is 2. The van der Waals surface area contributed by atoms with Crippen LogP contribution in [0.15, 0.2) is 0 Å². The van der Waals surface area contributed by atoms with Crippen LogP contribution in [-0.4, -0.2) is 65.0 Å². The van der Waals surface area contributed by atoms with Crippen molar-refractivity contribution in [3.8, 4) is 0 Å². The molecular formula is C17H29N3O2S. The molecule has 2 aliphatic heterocycles. The summed E-state index contributed by atoms with van der Waals surface area (Å²) >= 11 is 1.92. The number of piperidine rings is 1. The fraction of sp³-hybridized carbons (Fsp3) is 0.882. The minimum Gasteiger partial charge on any atom is -0.340 e. The molecule has 0 aromatic carbocycles. The number of nitrogens with one attached hydrogen (secondary N) is 1. The summed E-state index contributed by atoms with van der Waals surface area (Å²) in [5.41, 5.74) is 0. The van der Waals surface area contributed by atoms with Gasteiger partial charge in [0.15, 0.2) is 0 Å². The lowest BCUT2D eigenvalue weighted by Gasteiger charge is -2.38. The van der Waals surface area contributed by atoms with E-state index in [1.54, 1.807) is 0 Å². The number of likely N-dealkylation sites (tertiary alicyclic amines) is 2. The molecule has 5 nitrogen and oxygen atoms in total. The molecule has 3 fully saturated rings. The maximum atomic E-state index is 12.5. The van der Waals surface area contributed by atoms with Gasteiger partial charge in [-0.05, 0) is 44.8 Å². The van der Waals surface area contributed by atoms with Gasteiger partial charge in [-0.1, -0.05) is 6.42 Å². The quantitative estimate of drug-likeness (QED) is 0.859. The topological polar surface area (TPSA) is 52.7 Å². The van der Waals surface area contributed by atoms with Crippen molar-refractivity contribution in [1.29, 1.82) is 0 Å². The van der Waals surface area contributed by atoms with Gasteiger partial charge < -0.3 is 15.1 Å². The van der Waals surface area contributed by atoms with E-state index < -0.39 is 0 Å². The van der Waals surface area contributed by atoms with Crippen molar-refractivity contribution in [2.45, 2.75) is 68.7 Å². The largest absolute Gasteiger partial charge is 0.340 e. The average Bonchev–Trinajstić information content (AvgIpc) is 3.01. The minimum absolute atomic E-state index is 0.1000. The molecular weight excluding hydrogens is 310 g/mol. The van der Waals surface area contributed by atoms with Gasteiger partial charge in [0.2, 0.25) is 5.91 Å². The molecule has 0 spiro atoms. The summed E-state index contributed by atoms with van der Waals surface area (Å²) < 4.78 is 0.